The van der Waals surface area contributed by atoms with Crippen molar-refractivity contribution in [2.75, 3.05) is 7.11 Å². The number of methoxy groups -OCH3 is 1. The molecule has 0 amide bonds. The van der Waals surface area contributed by atoms with Crippen LogP contribution in [0.3, 0.4) is 0 Å². The molecule has 0 aliphatic carbocycles. The molecule has 0 saturated heterocycles. The maximum atomic E-state index is 12.9. The van der Waals surface area contributed by atoms with Gasteiger partial charge in [0, 0.05) is 23.4 Å². The van der Waals surface area contributed by atoms with Gasteiger partial charge in [0.15, 0.2) is 0 Å². The Morgan fingerprint density at radius 1 is 1.42 bits per heavy atom. The van der Waals surface area contributed by atoms with Crippen LogP contribution in [0.1, 0.15) is 5.56 Å². The lowest BCUT2D eigenvalue weighted by molar-refractivity contribution is 0.402. The maximum Gasteiger partial charge on any atom is 0.133 e. The molecule has 4 heteroatoms. The Labute approximate surface area is 74.8 Å². The smallest absolute Gasteiger partial charge is 0.133 e. The summed E-state index contributed by atoms with van der Waals surface area (Å²) in [6.45, 7) is 0. The Bertz CT molecular complexity index is 289. The third kappa shape index (κ3) is 1.69. The molecule has 0 bridgehead atoms. The van der Waals surface area contributed by atoms with E-state index in [-0.39, 0.29) is 17.1 Å². The van der Waals surface area contributed by atoms with Crippen molar-refractivity contribution in [1.29, 1.82) is 0 Å². The second-order valence-corrected chi connectivity index (χ2v) is 2.54. The molecule has 66 valence electrons. The first-order valence-electron chi connectivity index (χ1n) is 3.31. The van der Waals surface area contributed by atoms with Crippen molar-refractivity contribution in [3.63, 3.8) is 0 Å². The molecule has 1 aromatic carbocycles. The van der Waals surface area contributed by atoms with Gasteiger partial charge >= 0.3 is 0 Å². The number of thiol groups is 1. The Balaban J connectivity index is 3.24. The predicted molar refractivity (Wildman–Crippen MR) is 45.6 cm³/mol. The van der Waals surface area contributed by atoms with Gasteiger partial charge in [-0.2, -0.15) is 12.6 Å². The fourth-order valence-electron chi connectivity index (χ4n) is 0.915. The third-order valence-corrected chi connectivity index (χ3v) is 1.81. The lowest BCUT2D eigenvalue weighted by Gasteiger charge is -2.06. The molecule has 1 aromatic rings. The molecule has 0 aliphatic rings. The van der Waals surface area contributed by atoms with Crippen molar-refractivity contribution in [1.82, 2.24) is 0 Å². The van der Waals surface area contributed by atoms with Gasteiger partial charge in [0.2, 0.25) is 0 Å². The average Bonchev–Trinajstić information content (AvgIpc) is 2.03. The molecule has 0 heterocycles. The van der Waals surface area contributed by atoms with Crippen molar-refractivity contribution in [3.8, 4) is 5.75 Å². The zero-order chi connectivity index (χ0) is 9.14. The van der Waals surface area contributed by atoms with Crippen LogP contribution in [0.2, 0.25) is 0 Å². The van der Waals surface area contributed by atoms with Gasteiger partial charge in [0.1, 0.15) is 17.4 Å². The standard InChI is InChI=1S/C8H8F2OS/c1-11-8-3-5(9)2-7(10)6(8)4-12/h2-3,12H,4H2,1H3. The summed E-state index contributed by atoms with van der Waals surface area (Å²) in [5, 5.41) is 0. The molecule has 0 aliphatic heterocycles. The first-order valence-corrected chi connectivity index (χ1v) is 3.95. The number of halogens is 2. The summed E-state index contributed by atoms with van der Waals surface area (Å²) in [5.74, 6) is -0.880. The average molecular weight is 190 g/mol. The molecule has 0 atom stereocenters. The lowest BCUT2D eigenvalue weighted by atomic mass is 10.2. The molecule has 0 fully saturated rings. The Hall–Kier alpha value is -0.770. The van der Waals surface area contributed by atoms with Crippen LogP contribution in [0.4, 0.5) is 8.78 Å². The third-order valence-electron chi connectivity index (χ3n) is 1.50. The summed E-state index contributed by atoms with van der Waals surface area (Å²) in [7, 11) is 1.36. The maximum absolute atomic E-state index is 12.9. The summed E-state index contributed by atoms with van der Waals surface area (Å²) in [4.78, 5) is 0. The van der Waals surface area contributed by atoms with Gasteiger partial charge in [-0.05, 0) is 0 Å². The largest absolute Gasteiger partial charge is 0.496 e. The van der Waals surface area contributed by atoms with Crippen LogP contribution >= 0.6 is 12.6 Å². The van der Waals surface area contributed by atoms with Crippen LogP contribution in [0, 0.1) is 11.6 Å². The van der Waals surface area contributed by atoms with E-state index in [0.29, 0.717) is 0 Å². The fourth-order valence-corrected chi connectivity index (χ4v) is 1.22. The second-order valence-electron chi connectivity index (χ2n) is 2.23. The number of rotatable bonds is 2. The van der Waals surface area contributed by atoms with Crippen LogP contribution in [0.15, 0.2) is 12.1 Å². The van der Waals surface area contributed by atoms with Gasteiger partial charge in [-0.3, -0.25) is 0 Å². The molecule has 0 saturated carbocycles. The minimum Gasteiger partial charge on any atom is -0.496 e. The van der Waals surface area contributed by atoms with E-state index in [1.165, 1.54) is 7.11 Å². The van der Waals surface area contributed by atoms with Crippen molar-refractivity contribution in [2.24, 2.45) is 0 Å². The molecule has 0 unspecified atom stereocenters. The highest BCUT2D eigenvalue weighted by atomic mass is 32.1. The molecule has 0 aromatic heterocycles. The number of hydrogen-bond acceptors (Lipinski definition) is 2. The molecular weight excluding hydrogens is 182 g/mol. The summed E-state index contributed by atoms with van der Waals surface area (Å²) in [6.07, 6.45) is 0. The molecule has 12 heavy (non-hydrogen) atoms. The molecule has 0 spiro atoms. The van der Waals surface area contributed by atoms with E-state index < -0.39 is 11.6 Å². The van der Waals surface area contributed by atoms with Crippen LogP contribution in [0.5, 0.6) is 5.75 Å². The van der Waals surface area contributed by atoms with Crippen molar-refractivity contribution >= 4 is 12.6 Å². The zero-order valence-electron chi connectivity index (χ0n) is 6.47. The van der Waals surface area contributed by atoms with Gasteiger partial charge < -0.3 is 4.74 Å². The van der Waals surface area contributed by atoms with Gasteiger partial charge in [0.05, 0.1) is 7.11 Å². The summed E-state index contributed by atoms with van der Waals surface area (Å²) in [6, 6.07) is 1.95. The fraction of sp³-hybridized carbons (Fsp3) is 0.250. The summed E-state index contributed by atoms with van der Waals surface area (Å²) < 4.78 is 30.3. The van der Waals surface area contributed by atoms with Crippen molar-refractivity contribution in [2.45, 2.75) is 5.75 Å². The zero-order valence-corrected chi connectivity index (χ0v) is 7.37. The van der Waals surface area contributed by atoms with Crippen LogP contribution in [-0.2, 0) is 5.75 Å². The minimum atomic E-state index is -0.644. The Morgan fingerprint density at radius 2 is 2.08 bits per heavy atom. The summed E-state index contributed by atoms with van der Waals surface area (Å²) >= 11 is 3.90. The van der Waals surface area contributed by atoms with Crippen molar-refractivity contribution < 1.29 is 13.5 Å². The number of ether oxygens (including phenoxy) is 1. The van der Waals surface area contributed by atoms with Gasteiger partial charge in [0.25, 0.3) is 0 Å². The molecule has 1 nitrogen and oxygen atoms in total. The normalized spacial score (nSPS) is 10.0. The minimum absolute atomic E-state index is 0.190. The van der Waals surface area contributed by atoms with Crippen LogP contribution < -0.4 is 4.74 Å². The number of hydrogen-bond donors (Lipinski definition) is 1. The van der Waals surface area contributed by atoms with E-state index in [9.17, 15) is 8.78 Å². The highest BCUT2D eigenvalue weighted by molar-refractivity contribution is 7.79. The Kier molecular flexibility index (Phi) is 2.92. The lowest BCUT2D eigenvalue weighted by Crippen LogP contribution is -1.95. The van der Waals surface area contributed by atoms with Gasteiger partial charge in [-0.1, -0.05) is 0 Å². The quantitative estimate of drug-likeness (QED) is 0.704. The molecule has 0 N–H and O–H groups in total. The number of benzene rings is 1. The second kappa shape index (κ2) is 3.76. The van der Waals surface area contributed by atoms with E-state index >= 15 is 0 Å². The highest BCUT2D eigenvalue weighted by Crippen LogP contribution is 2.24. The van der Waals surface area contributed by atoms with Gasteiger partial charge in [-0.15, -0.1) is 0 Å². The molecular formula is C8H8F2OS. The van der Waals surface area contributed by atoms with Crippen LogP contribution in [-0.4, -0.2) is 7.11 Å². The molecule has 0 radical (unpaired) electrons. The predicted octanol–water partition coefficient (Wildman–Crippen LogP) is 2.40. The first-order chi connectivity index (χ1) is 5.69. The van der Waals surface area contributed by atoms with E-state index in [0.717, 1.165) is 12.1 Å². The monoisotopic (exact) mass is 190 g/mol. The Morgan fingerprint density at radius 3 is 2.58 bits per heavy atom. The summed E-state index contributed by atoms with van der Waals surface area (Å²) in [5.41, 5.74) is 0.280. The SMILES string of the molecule is COc1cc(F)cc(F)c1CS. The first kappa shape index (κ1) is 9.32. The van der Waals surface area contributed by atoms with Crippen molar-refractivity contribution in [3.05, 3.63) is 29.3 Å². The topological polar surface area (TPSA) is 9.23 Å². The van der Waals surface area contributed by atoms with E-state index in [2.05, 4.69) is 12.6 Å². The highest BCUT2D eigenvalue weighted by Gasteiger charge is 2.09. The van der Waals surface area contributed by atoms with E-state index in [1.807, 2.05) is 0 Å². The van der Waals surface area contributed by atoms with E-state index in [1.54, 1.807) is 0 Å². The van der Waals surface area contributed by atoms with Crippen LogP contribution in [0.25, 0.3) is 0 Å². The van der Waals surface area contributed by atoms with E-state index in [4.69, 9.17) is 4.74 Å². The van der Waals surface area contributed by atoms with Gasteiger partial charge in [-0.25, -0.2) is 8.78 Å². The molecule has 1 rings (SSSR count).